The molecule has 0 radical (unpaired) electrons. The van der Waals surface area contributed by atoms with Crippen LogP contribution in [0, 0.1) is 5.92 Å². The van der Waals surface area contributed by atoms with E-state index in [-0.39, 0.29) is 11.9 Å². The van der Waals surface area contributed by atoms with E-state index in [4.69, 9.17) is 23.2 Å². The standard InChI is InChI=1S/C19H23Cl2N3O/c1-13(2)11-22-18(25)12-24-9-8-23-7-3-4-17(23)19(24)14-5-6-15(20)16(21)10-14/h3-7,10,13,19H,8-9,11-12H2,1-2H3,(H,22,25). The first-order chi connectivity index (χ1) is 12.0. The van der Waals surface area contributed by atoms with Crippen LogP contribution < -0.4 is 5.32 Å². The van der Waals surface area contributed by atoms with Crippen LogP contribution in [-0.2, 0) is 11.3 Å². The highest BCUT2D eigenvalue weighted by Crippen LogP contribution is 2.35. The van der Waals surface area contributed by atoms with E-state index in [0.29, 0.717) is 29.1 Å². The molecule has 0 aliphatic carbocycles. The highest BCUT2D eigenvalue weighted by molar-refractivity contribution is 6.42. The number of rotatable bonds is 5. The number of fused-ring (bicyclic) bond motifs is 1. The monoisotopic (exact) mass is 379 g/mol. The second kappa shape index (κ2) is 7.81. The average Bonchev–Trinajstić information content (AvgIpc) is 3.04. The van der Waals surface area contributed by atoms with E-state index in [9.17, 15) is 4.79 Å². The number of hydrogen-bond donors (Lipinski definition) is 1. The molecule has 4 nitrogen and oxygen atoms in total. The Morgan fingerprint density at radius 2 is 2.04 bits per heavy atom. The lowest BCUT2D eigenvalue weighted by Crippen LogP contribution is -2.44. The van der Waals surface area contributed by atoms with Crippen LogP contribution in [0.15, 0.2) is 36.5 Å². The van der Waals surface area contributed by atoms with Gasteiger partial charge in [-0.25, -0.2) is 0 Å². The highest BCUT2D eigenvalue weighted by atomic mass is 35.5. The molecule has 25 heavy (non-hydrogen) atoms. The first kappa shape index (κ1) is 18.3. The van der Waals surface area contributed by atoms with Crippen LogP contribution in [0.2, 0.25) is 10.0 Å². The molecule has 2 heterocycles. The Kier molecular flexibility index (Phi) is 5.72. The Labute approximate surface area is 158 Å². The molecule has 2 aromatic rings. The van der Waals surface area contributed by atoms with Gasteiger partial charge < -0.3 is 9.88 Å². The summed E-state index contributed by atoms with van der Waals surface area (Å²) < 4.78 is 2.23. The molecular weight excluding hydrogens is 357 g/mol. The molecule has 6 heteroatoms. The third kappa shape index (κ3) is 4.20. The van der Waals surface area contributed by atoms with Crippen molar-refractivity contribution in [3.63, 3.8) is 0 Å². The summed E-state index contributed by atoms with van der Waals surface area (Å²) >= 11 is 12.3. The lowest BCUT2D eigenvalue weighted by atomic mass is 10.00. The lowest BCUT2D eigenvalue weighted by molar-refractivity contribution is -0.123. The Bertz CT molecular complexity index is 757. The maximum atomic E-state index is 12.4. The van der Waals surface area contributed by atoms with Crippen molar-refractivity contribution in [2.75, 3.05) is 19.6 Å². The van der Waals surface area contributed by atoms with E-state index >= 15 is 0 Å². The summed E-state index contributed by atoms with van der Waals surface area (Å²) in [5.41, 5.74) is 2.21. The highest BCUT2D eigenvalue weighted by Gasteiger charge is 2.30. The molecule has 1 unspecified atom stereocenters. The normalized spacial score (nSPS) is 17.6. The smallest absolute Gasteiger partial charge is 0.234 e. The van der Waals surface area contributed by atoms with Crippen LogP contribution in [0.25, 0.3) is 0 Å². The van der Waals surface area contributed by atoms with Crippen LogP contribution in [0.3, 0.4) is 0 Å². The van der Waals surface area contributed by atoms with Crippen molar-refractivity contribution >= 4 is 29.1 Å². The van der Waals surface area contributed by atoms with Gasteiger partial charge in [0.05, 0.1) is 22.6 Å². The van der Waals surface area contributed by atoms with Gasteiger partial charge in [0.2, 0.25) is 5.91 Å². The second-order valence-electron chi connectivity index (χ2n) is 6.87. The van der Waals surface area contributed by atoms with Crippen LogP contribution in [-0.4, -0.2) is 35.0 Å². The Balaban J connectivity index is 1.86. The van der Waals surface area contributed by atoms with Gasteiger partial charge >= 0.3 is 0 Å². The largest absolute Gasteiger partial charge is 0.355 e. The molecule has 0 saturated heterocycles. The number of nitrogens with zero attached hydrogens (tertiary/aromatic N) is 2. The van der Waals surface area contributed by atoms with Crippen molar-refractivity contribution in [1.82, 2.24) is 14.8 Å². The summed E-state index contributed by atoms with van der Waals surface area (Å²) in [6, 6.07) is 9.84. The third-order valence-corrected chi connectivity index (χ3v) is 5.19. The van der Waals surface area contributed by atoms with Crippen LogP contribution in [0.5, 0.6) is 0 Å². The zero-order valence-corrected chi connectivity index (χ0v) is 16.0. The number of hydrogen-bond acceptors (Lipinski definition) is 2. The van der Waals surface area contributed by atoms with Gasteiger partial charge in [-0.3, -0.25) is 9.69 Å². The number of amides is 1. The Morgan fingerprint density at radius 3 is 2.76 bits per heavy atom. The van der Waals surface area contributed by atoms with E-state index in [2.05, 4.69) is 40.9 Å². The molecule has 134 valence electrons. The summed E-state index contributed by atoms with van der Waals surface area (Å²) in [6.45, 7) is 6.92. The fraction of sp³-hybridized carbons (Fsp3) is 0.421. The Hall–Kier alpha value is -1.49. The van der Waals surface area contributed by atoms with Gasteiger partial charge in [-0.1, -0.05) is 43.1 Å². The predicted molar refractivity (Wildman–Crippen MR) is 102 cm³/mol. The van der Waals surface area contributed by atoms with E-state index in [1.165, 1.54) is 5.69 Å². The summed E-state index contributed by atoms with van der Waals surface area (Å²) in [5.74, 6) is 0.493. The molecule has 0 bridgehead atoms. The maximum Gasteiger partial charge on any atom is 0.234 e. The minimum atomic E-state index is -0.0108. The van der Waals surface area contributed by atoms with Gasteiger partial charge in [0.15, 0.2) is 0 Å². The maximum absolute atomic E-state index is 12.4. The third-order valence-electron chi connectivity index (χ3n) is 4.45. The number of carbonyl (C=O) groups excluding carboxylic acids is 1. The van der Waals surface area contributed by atoms with Gasteiger partial charge in [-0.15, -0.1) is 0 Å². The molecular formula is C19H23Cl2N3O. The quantitative estimate of drug-likeness (QED) is 0.852. The van der Waals surface area contributed by atoms with E-state index < -0.39 is 0 Å². The fourth-order valence-electron chi connectivity index (χ4n) is 3.22. The van der Waals surface area contributed by atoms with E-state index in [1.54, 1.807) is 0 Å². The van der Waals surface area contributed by atoms with Gasteiger partial charge in [0.1, 0.15) is 0 Å². The lowest BCUT2D eigenvalue weighted by Gasteiger charge is -2.37. The van der Waals surface area contributed by atoms with Crippen LogP contribution in [0.4, 0.5) is 0 Å². The number of nitrogens with one attached hydrogen (secondary N) is 1. The minimum absolute atomic E-state index is 0.0108. The Morgan fingerprint density at radius 1 is 1.24 bits per heavy atom. The van der Waals surface area contributed by atoms with Gasteiger partial charge in [-0.05, 0) is 35.7 Å². The molecule has 0 saturated carbocycles. The van der Waals surface area contributed by atoms with Gasteiger partial charge in [0, 0.05) is 31.5 Å². The van der Waals surface area contributed by atoms with Crippen molar-refractivity contribution < 1.29 is 4.79 Å². The van der Waals surface area contributed by atoms with Gasteiger partial charge in [-0.2, -0.15) is 0 Å². The predicted octanol–water partition coefficient (Wildman–Crippen LogP) is 3.97. The number of aromatic nitrogens is 1. The van der Waals surface area contributed by atoms with Crippen molar-refractivity contribution in [2.45, 2.75) is 26.4 Å². The van der Waals surface area contributed by atoms with Crippen molar-refractivity contribution in [3.05, 3.63) is 57.8 Å². The van der Waals surface area contributed by atoms with Crippen LogP contribution in [0.1, 0.15) is 31.1 Å². The molecule has 1 aromatic carbocycles. The molecule has 1 aliphatic heterocycles. The SMILES string of the molecule is CC(C)CNC(=O)CN1CCn2cccc2C1c1ccc(Cl)c(Cl)c1. The molecule has 0 spiro atoms. The number of carbonyl (C=O) groups is 1. The average molecular weight is 380 g/mol. The summed E-state index contributed by atoms with van der Waals surface area (Å²) in [4.78, 5) is 14.6. The van der Waals surface area contributed by atoms with Crippen molar-refractivity contribution in [1.29, 1.82) is 0 Å². The topological polar surface area (TPSA) is 37.3 Å². The van der Waals surface area contributed by atoms with Crippen molar-refractivity contribution in [3.8, 4) is 0 Å². The number of benzene rings is 1. The summed E-state index contributed by atoms with van der Waals surface area (Å²) in [7, 11) is 0. The molecule has 0 fully saturated rings. The molecule has 1 aromatic heterocycles. The molecule has 1 aliphatic rings. The van der Waals surface area contributed by atoms with Crippen LogP contribution >= 0.6 is 23.2 Å². The molecule has 3 rings (SSSR count). The van der Waals surface area contributed by atoms with Gasteiger partial charge in [0.25, 0.3) is 0 Å². The zero-order chi connectivity index (χ0) is 18.0. The molecule has 1 atom stereocenters. The fourth-order valence-corrected chi connectivity index (χ4v) is 3.53. The van der Waals surface area contributed by atoms with E-state index in [1.807, 2.05) is 24.3 Å². The second-order valence-corrected chi connectivity index (χ2v) is 7.69. The van der Waals surface area contributed by atoms with Crippen molar-refractivity contribution in [2.24, 2.45) is 5.92 Å². The first-order valence-electron chi connectivity index (χ1n) is 8.56. The summed E-state index contributed by atoms with van der Waals surface area (Å²) in [5, 5.41) is 4.08. The molecule has 1 N–H and O–H groups in total. The number of halogens is 2. The minimum Gasteiger partial charge on any atom is -0.355 e. The van der Waals surface area contributed by atoms with E-state index in [0.717, 1.165) is 18.7 Å². The molecule has 1 amide bonds. The summed E-state index contributed by atoms with van der Waals surface area (Å²) in [6.07, 6.45) is 2.08. The zero-order valence-electron chi connectivity index (χ0n) is 14.5. The first-order valence-corrected chi connectivity index (χ1v) is 9.32.